The van der Waals surface area contributed by atoms with Crippen molar-refractivity contribution in [3.63, 3.8) is 0 Å². The van der Waals surface area contributed by atoms with Gasteiger partial charge in [0.15, 0.2) is 0 Å². The average Bonchev–Trinajstić information content (AvgIpc) is 3.29. The van der Waals surface area contributed by atoms with E-state index in [1.54, 1.807) is 13.1 Å². The number of nitrogens with zero attached hydrogens (tertiary/aromatic N) is 2. The van der Waals surface area contributed by atoms with Gasteiger partial charge in [-0.25, -0.2) is 4.98 Å². The molecule has 136 valence electrons. The molecule has 0 fully saturated rings. The molecule has 1 aliphatic carbocycles. The van der Waals surface area contributed by atoms with Crippen molar-refractivity contribution in [2.45, 2.75) is 25.0 Å². The first-order valence-electron chi connectivity index (χ1n) is 9.33. The van der Waals surface area contributed by atoms with Gasteiger partial charge in [0, 0.05) is 24.1 Å². The van der Waals surface area contributed by atoms with Gasteiger partial charge in [0.1, 0.15) is 0 Å². The van der Waals surface area contributed by atoms with Crippen LogP contribution in [0, 0.1) is 5.92 Å². The first-order valence-corrected chi connectivity index (χ1v) is 9.33. The van der Waals surface area contributed by atoms with Crippen LogP contribution in [0.5, 0.6) is 0 Å². The quantitative estimate of drug-likeness (QED) is 0.739. The molecule has 2 N–H and O–H groups in total. The number of aromatic nitrogens is 2. The van der Waals surface area contributed by atoms with E-state index in [1.165, 1.54) is 11.1 Å². The van der Waals surface area contributed by atoms with E-state index >= 15 is 0 Å². The van der Waals surface area contributed by atoms with Crippen molar-refractivity contribution < 1.29 is 9.90 Å². The van der Waals surface area contributed by atoms with Crippen LogP contribution in [0.15, 0.2) is 55.0 Å². The van der Waals surface area contributed by atoms with Crippen molar-refractivity contribution in [2.24, 2.45) is 5.92 Å². The van der Waals surface area contributed by atoms with Gasteiger partial charge in [-0.3, -0.25) is 4.79 Å². The van der Waals surface area contributed by atoms with E-state index in [9.17, 15) is 9.90 Å². The van der Waals surface area contributed by atoms with Gasteiger partial charge in [0.05, 0.1) is 30.4 Å². The molecule has 5 rings (SSSR count). The monoisotopic (exact) mass is 359 g/mol. The van der Waals surface area contributed by atoms with Gasteiger partial charge < -0.3 is 15.0 Å². The molecule has 5 heteroatoms. The molecule has 0 unspecified atom stereocenters. The number of benzene rings is 2. The lowest BCUT2D eigenvalue weighted by atomic mass is 9.75. The lowest BCUT2D eigenvalue weighted by molar-refractivity contribution is 0.0719. The number of imidazole rings is 1. The van der Waals surface area contributed by atoms with E-state index in [2.05, 4.69) is 33.1 Å². The molecule has 0 saturated carbocycles. The van der Waals surface area contributed by atoms with Crippen LogP contribution in [0.1, 0.15) is 45.6 Å². The number of nitrogens with one attached hydrogen (secondary N) is 1. The summed E-state index contributed by atoms with van der Waals surface area (Å²) in [6, 6.07) is 14.1. The van der Waals surface area contributed by atoms with Crippen LogP contribution >= 0.6 is 0 Å². The van der Waals surface area contributed by atoms with Crippen LogP contribution in [0.3, 0.4) is 0 Å². The summed E-state index contributed by atoms with van der Waals surface area (Å²) in [6.07, 6.45) is 4.92. The van der Waals surface area contributed by atoms with E-state index in [4.69, 9.17) is 0 Å². The van der Waals surface area contributed by atoms with Crippen LogP contribution < -0.4 is 5.32 Å². The number of amides is 1. The number of fused-ring (bicyclic) bond motifs is 4. The fourth-order valence-corrected chi connectivity index (χ4v) is 4.75. The van der Waals surface area contributed by atoms with Crippen molar-refractivity contribution in [3.8, 4) is 11.3 Å². The van der Waals surface area contributed by atoms with Gasteiger partial charge in [-0.1, -0.05) is 30.3 Å². The molecular formula is C22H21N3O2. The Morgan fingerprint density at radius 3 is 2.93 bits per heavy atom. The summed E-state index contributed by atoms with van der Waals surface area (Å²) < 4.78 is 2.20. The molecule has 2 aliphatic rings. The van der Waals surface area contributed by atoms with Crippen LogP contribution in [0.4, 0.5) is 0 Å². The molecule has 3 atom stereocenters. The van der Waals surface area contributed by atoms with Crippen molar-refractivity contribution in [2.75, 3.05) is 7.05 Å². The Balaban J connectivity index is 1.54. The Hall–Kier alpha value is -2.92. The SMILES string of the molecule is CNC(=O)c1ccc2c(c1)CC[C@@H]([C@@H]1c3ccccc3-c3cncn31)[C@@H]2O. The molecule has 0 spiro atoms. The highest BCUT2D eigenvalue weighted by atomic mass is 16.3. The zero-order valence-electron chi connectivity index (χ0n) is 15.1. The van der Waals surface area contributed by atoms with E-state index < -0.39 is 6.10 Å². The first-order chi connectivity index (χ1) is 13.2. The van der Waals surface area contributed by atoms with Crippen molar-refractivity contribution in [1.82, 2.24) is 14.9 Å². The minimum Gasteiger partial charge on any atom is -0.388 e. The smallest absolute Gasteiger partial charge is 0.251 e. The standard InChI is InChI=1S/C22H21N3O2/c1-23-22(27)14-7-8-15-13(10-14)6-9-18(21(15)26)20-17-5-3-2-4-16(17)19-11-24-12-25(19)20/h2-5,7-8,10-12,18,20-21,26H,6,9H2,1H3,(H,23,27)/t18-,20-,21+/m0/s1. The third kappa shape index (κ3) is 2.35. The lowest BCUT2D eigenvalue weighted by Gasteiger charge is -2.35. The molecule has 1 aromatic heterocycles. The van der Waals surface area contributed by atoms with E-state index in [0.29, 0.717) is 5.56 Å². The summed E-state index contributed by atoms with van der Waals surface area (Å²) in [7, 11) is 1.63. The van der Waals surface area contributed by atoms with Gasteiger partial charge in [-0.15, -0.1) is 0 Å². The lowest BCUT2D eigenvalue weighted by Crippen LogP contribution is -2.29. The second kappa shape index (κ2) is 6.06. The number of rotatable bonds is 2. The molecule has 0 saturated heterocycles. The number of carbonyl (C=O) groups excluding carboxylic acids is 1. The second-order valence-electron chi connectivity index (χ2n) is 7.36. The Kier molecular flexibility index (Phi) is 3.65. The van der Waals surface area contributed by atoms with E-state index in [-0.39, 0.29) is 17.9 Å². The van der Waals surface area contributed by atoms with Crippen molar-refractivity contribution in [1.29, 1.82) is 0 Å². The predicted molar refractivity (Wildman–Crippen MR) is 102 cm³/mol. The Morgan fingerprint density at radius 2 is 2.07 bits per heavy atom. The normalized spacial score (nSPS) is 22.7. The maximum Gasteiger partial charge on any atom is 0.251 e. The Morgan fingerprint density at radius 1 is 1.22 bits per heavy atom. The van der Waals surface area contributed by atoms with Gasteiger partial charge in [-0.2, -0.15) is 0 Å². The fourth-order valence-electron chi connectivity index (χ4n) is 4.75. The molecule has 2 aromatic carbocycles. The summed E-state index contributed by atoms with van der Waals surface area (Å²) in [4.78, 5) is 16.2. The molecular weight excluding hydrogens is 338 g/mol. The Labute approximate surface area is 157 Å². The molecule has 0 radical (unpaired) electrons. The van der Waals surface area contributed by atoms with Gasteiger partial charge >= 0.3 is 0 Å². The first kappa shape index (κ1) is 16.3. The minimum atomic E-state index is -0.570. The number of carbonyl (C=O) groups is 1. The highest BCUT2D eigenvalue weighted by molar-refractivity contribution is 5.94. The highest BCUT2D eigenvalue weighted by Gasteiger charge is 2.40. The summed E-state index contributed by atoms with van der Waals surface area (Å²) in [6.45, 7) is 0. The van der Waals surface area contributed by atoms with Crippen LogP contribution in [-0.4, -0.2) is 27.6 Å². The average molecular weight is 359 g/mol. The minimum absolute atomic E-state index is 0.0694. The van der Waals surface area contributed by atoms with E-state index in [0.717, 1.165) is 29.7 Å². The zero-order chi connectivity index (χ0) is 18.5. The number of hydrogen-bond acceptors (Lipinski definition) is 3. The van der Waals surface area contributed by atoms with Gasteiger partial charge in [0.25, 0.3) is 5.91 Å². The van der Waals surface area contributed by atoms with E-state index in [1.807, 2.05) is 30.7 Å². The van der Waals surface area contributed by atoms with Gasteiger partial charge in [-0.05, 0) is 41.7 Å². The topological polar surface area (TPSA) is 67.2 Å². The maximum absolute atomic E-state index is 11.9. The molecule has 1 amide bonds. The maximum atomic E-state index is 11.9. The molecule has 2 heterocycles. The second-order valence-corrected chi connectivity index (χ2v) is 7.36. The van der Waals surface area contributed by atoms with Crippen molar-refractivity contribution in [3.05, 3.63) is 77.2 Å². The summed E-state index contributed by atoms with van der Waals surface area (Å²) in [5, 5.41) is 13.9. The van der Waals surface area contributed by atoms with Crippen molar-refractivity contribution >= 4 is 5.91 Å². The fraction of sp³-hybridized carbons (Fsp3) is 0.273. The molecule has 0 bridgehead atoms. The third-order valence-corrected chi connectivity index (χ3v) is 6.03. The highest BCUT2D eigenvalue weighted by Crippen LogP contribution is 2.49. The van der Waals surface area contributed by atoms with Crippen LogP contribution in [-0.2, 0) is 6.42 Å². The molecule has 3 aromatic rings. The van der Waals surface area contributed by atoms with Crippen LogP contribution in [0.25, 0.3) is 11.3 Å². The van der Waals surface area contributed by atoms with Crippen LogP contribution in [0.2, 0.25) is 0 Å². The van der Waals surface area contributed by atoms with Gasteiger partial charge in [0.2, 0.25) is 0 Å². The predicted octanol–water partition coefficient (Wildman–Crippen LogP) is 3.11. The number of hydrogen-bond donors (Lipinski definition) is 2. The molecule has 5 nitrogen and oxygen atoms in total. The zero-order valence-corrected chi connectivity index (χ0v) is 15.1. The third-order valence-electron chi connectivity index (χ3n) is 6.03. The largest absolute Gasteiger partial charge is 0.388 e. The number of aliphatic hydroxyl groups excluding tert-OH is 1. The molecule has 27 heavy (non-hydrogen) atoms. The summed E-state index contributed by atoms with van der Waals surface area (Å²) in [5.41, 5.74) is 6.22. The Bertz CT molecular complexity index is 1040. The number of aliphatic hydroxyl groups is 1. The number of aryl methyl sites for hydroxylation is 1. The summed E-state index contributed by atoms with van der Waals surface area (Å²) in [5.74, 6) is -0.0258. The summed E-state index contributed by atoms with van der Waals surface area (Å²) >= 11 is 0. The molecule has 1 aliphatic heterocycles.